The fourth-order valence-corrected chi connectivity index (χ4v) is 3.53. The summed E-state index contributed by atoms with van der Waals surface area (Å²) < 4.78 is 6.89. The number of anilines is 2. The lowest BCUT2D eigenvalue weighted by molar-refractivity contribution is 0.0993. The van der Waals surface area contributed by atoms with Crippen molar-refractivity contribution in [2.75, 3.05) is 10.6 Å². The van der Waals surface area contributed by atoms with E-state index in [1.54, 1.807) is 47.3 Å². The van der Waals surface area contributed by atoms with Crippen LogP contribution in [0.15, 0.2) is 77.5 Å². The van der Waals surface area contributed by atoms with E-state index < -0.39 is 0 Å². The first-order valence-electron chi connectivity index (χ1n) is 11.1. The van der Waals surface area contributed by atoms with Gasteiger partial charge in [0.25, 0.3) is 11.8 Å². The van der Waals surface area contributed by atoms with Gasteiger partial charge in [-0.05, 0) is 53.3 Å². The van der Waals surface area contributed by atoms with Crippen LogP contribution in [-0.2, 0) is 12.0 Å². The maximum absolute atomic E-state index is 13.0. The lowest BCUT2D eigenvalue weighted by Gasteiger charge is -2.19. The van der Waals surface area contributed by atoms with Crippen LogP contribution in [0, 0.1) is 6.92 Å². The Hall–Kier alpha value is -4.13. The van der Waals surface area contributed by atoms with Crippen molar-refractivity contribution in [3.63, 3.8) is 0 Å². The number of rotatable bonds is 6. The molecule has 4 aromatic rings. The zero-order chi connectivity index (χ0) is 24.3. The molecule has 0 saturated carbocycles. The van der Waals surface area contributed by atoms with Gasteiger partial charge in [-0.1, -0.05) is 51.1 Å². The Balaban J connectivity index is 1.47. The van der Waals surface area contributed by atoms with Crippen LogP contribution in [-0.4, -0.2) is 21.6 Å². The van der Waals surface area contributed by atoms with Gasteiger partial charge in [-0.2, -0.15) is 5.10 Å². The predicted molar refractivity (Wildman–Crippen MR) is 132 cm³/mol. The van der Waals surface area contributed by atoms with Crippen LogP contribution in [0.5, 0.6) is 0 Å². The molecule has 0 aliphatic rings. The molecule has 174 valence electrons. The molecule has 7 nitrogen and oxygen atoms in total. The van der Waals surface area contributed by atoms with Crippen molar-refractivity contribution < 1.29 is 14.0 Å². The van der Waals surface area contributed by atoms with Gasteiger partial charge >= 0.3 is 0 Å². The summed E-state index contributed by atoms with van der Waals surface area (Å²) in [7, 11) is 0. The summed E-state index contributed by atoms with van der Waals surface area (Å²) in [5.41, 5.74) is 4.24. The van der Waals surface area contributed by atoms with E-state index in [4.69, 9.17) is 4.42 Å². The number of carbonyl (C=O) groups excluding carboxylic acids is 2. The van der Waals surface area contributed by atoms with Crippen molar-refractivity contribution in [1.82, 2.24) is 9.78 Å². The fraction of sp³-hybridized carbons (Fsp3) is 0.222. The van der Waals surface area contributed by atoms with Crippen LogP contribution < -0.4 is 10.6 Å². The molecule has 0 spiro atoms. The van der Waals surface area contributed by atoms with Gasteiger partial charge in [-0.3, -0.25) is 9.59 Å². The number of amides is 2. The molecule has 0 atom stereocenters. The number of benzene rings is 2. The van der Waals surface area contributed by atoms with Crippen molar-refractivity contribution in [3.05, 3.63) is 101 Å². The smallest absolute Gasteiger partial charge is 0.291 e. The average Bonchev–Trinajstić information content (AvgIpc) is 3.48. The highest BCUT2D eigenvalue weighted by molar-refractivity contribution is 6.06. The van der Waals surface area contributed by atoms with Crippen LogP contribution in [0.4, 0.5) is 11.5 Å². The Morgan fingerprint density at radius 1 is 0.971 bits per heavy atom. The number of nitrogens with one attached hydrogen (secondary N) is 2. The van der Waals surface area contributed by atoms with Crippen molar-refractivity contribution in [3.8, 4) is 0 Å². The normalized spacial score (nSPS) is 11.3. The molecule has 0 aliphatic carbocycles. The number of furan rings is 1. The topological polar surface area (TPSA) is 89.2 Å². The number of hydrogen-bond acceptors (Lipinski definition) is 4. The molecular formula is C27H28N4O3. The lowest BCUT2D eigenvalue weighted by Crippen LogP contribution is -2.17. The summed E-state index contributed by atoms with van der Waals surface area (Å²) in [5.74, 6) is 0.125. The summed E-state index contributed by atoms with van der Waals surface area (Å²) in [5, 5.41) is 10.1. The third-order valence-corrected chi connectivity index (χ3v) is 5.60. The number of hydrogen-bond donors (Lipinski definition) is 2. The van der Waals surface area contributed by atoms with Gasteiger partial charge in [0.1, 0.15) is 5.82 Å². The second-order valence-corrected chi connectivity index (χ2v) is 9.24. The SMILES string of the molecule is Cc1ccc(C(=O)Nc2ccnn2Cc2ccc(C(C)(C)C)cc2)cc1NC(=O)c1ccco1. The number of aryl methyl sites for hydroxylation is 1. The van der Waals surface area contributed by atoms with E-state index in [1.807, 2.05) is 6.92 Å². The van der Waals surface area contributed by atoms with Gasteiger partial charge in [0, 0.05) is 17.3 Å². The first kappa shape index (κ1) is 23.0. The summed E-state index contributed by atoms with van der Waals surface area (Å²) in [6.07, 6.45) is 3.09. The van der Waals surface area contributed by atoms with Crippen LogP contribution >= 0.6 is 0 Å². The molecule has 0 saturated heterocycles. The van der Waals surface area contributed by atoms with E-state index in [0.29, 0.717) is 23.6 Å². The maximum atomic E-state index is 13.0. The first-order valence-corrected chi connectivity index (χ1v) is 11.1. The van der Waals surface area contributed by atoms with E-state index in [1.165, 1.54) is 11.8 Å². The summed E-state index contributed by atoms with van der Waals surface area (Å²) in [6, 6.07) is 18.6. The van der Waals surface area contributed by atoms with E-state index in [-0.39, 0.29) is 23.0 Å². The zero-order valence-corrected chi connectivity index (χ0v) is 19.8. The summed E-state index contributed by atoms with van der Waals surface area (Å²) in [4.78, 5) is 25.3. The molecular weight excluding hydrogens is 428 g/mol. The highest BCUT2D eigenvalue weighted by Gasteiger charge is 2.16. The van der Waals surface area contributed by atoms with Gasteiger partial charge in [0.05, 0.1) is 19.0 Å². The Morgan fingerprint density at radius 2 is 1.74 bits per heavy atom. The quantitative estimate of drug-likeness (QED) is 0.393. The van der Waals surface area contributed by atoms with Gasteiger partial charge in [0.2, 0.25) is 0 Å². The molecule has 0 radical (unpaired) electrons. The molecule has 2 aromatic heterocycles. The van der Waals surface area contributed by atoms with Gasteiger partial charge in [-0.25, -0.2) is 4.68 Å². The van der Waals surface area contributed by atoms with E-state index >= 15 is 0 Å². The molecule has 0 aliphatic heterocycles. The van der Waals surface area contributed by atoms with Crippen LogP contribution in [0.1, 0.15) is 58.4 Å². The number of carbonyl (C=O) groups is 2. The fourth-order valence-electron chi connectivity index (χ4n) is 3.53. The Morgan fingerprint density at radius 3 is 2.41 bits per heavy atom. The maximum Gasteiger partial charge on any atom is 0.291 e. The minimum absolute atomic E-state index is 0.0910. The molecule has 34 heavy (non-hydrogen) atoms. The second kappa shape index (κ2) is 9.39. The van der Waals surface area contributed by atoms with E-state index in [2.05, 4.69) is 60.8 Å². The molecule has 2 amide bonds. The van der Waals surface area contributed by atoms with E-state index in [9.17, 15) is 9.59 Å². The molecule has 7 heteroatoms. The third-order valence-electron chi connectivity index (χ3n) is 5.60. The number of nitrogens with zero attached hydrogens (tertiary/aromatic N) is 2. The Labute approximate surface area is 198 Å². The summed E-state index contributed by atoms with van der Waals surface area (Å²) >= 11 is 0. The zero-order valence-electron chi connectivity index (χ0n) is 19.8. The van der Waals surface area contributed by atoms with Crippen molar-refractivity contribution in [2.45, 2.75) is 39.7 Å². The van der Waals surface area contributed by atoms with Crippen LogP contribution in [0.3, 0.4) is 0 Å². The minimum atomic E-state index is -0.374. The molecule has 0 fully saturated rings. The molecule has 0 unspecified atom stereocenters. The Bertz CT molecular complexity index is 1300. The second-order valence-electron chi connectivity index (χ2n) is 9.24. The van der Waals surface area contributed by atoms with Gasteiger partial charge < -0.3 is 15.1 Å². The minimum Gasteiger partial charge on any atom is -0.459 e. The van der Waals surface area contributed by atoms with Gasteiger partial charge in [-0.15, -0.1) is 0 Å². The van der Waals surface area contributed by atoms with Crippen LogP contribution in [0.2, 0.25) is 0 Å². The Kier molecular flexibility index (Phi) is 6.36. The summed E-state index contributed by atoms with van der Waals surface area (Å²) in [6.45, 7) is 8.94. The van der Waals surface area contributed by atoms with Crippen molar-refractivity contribution >= 4 is 23.3 Å². The van der Waals surface area contributed by atoms with E-state index in [0.717, 1.165) is 11.1 Å². The highest BCUT2D eigenvalue weighted by atomic mass is 16.3. The van der Waals surface area contributed by atoms with Crippen LogP contribution in [0.25, 0.3) is 0 Å². The third kappa shape index (κ3) is 5.26. The predicted octanol–water partition coefficient (Wildman–Crippen LogP) is 5.63. The molecule has 4 rings (SSSR count). The lowest BCUT2D eigenvalue weighted by atomic mass is 9.87. The molecule has 2 N–H and O–H groups in total. The standard InChI is InChI=1S/C27H28N4O3/c1-18-7-10-20(16-22(18)29-26(33)23-6-5-15-34-23)25(32)30-24-13-14-28-31(24)17-19-8-11-21(12-9-19)27(2,3)4/h5-16H,17H2,1-4H3,(H,29,33)(H,30,32). The molecule has 0 bridgehead atoms. The largest absolute Gasteiger partial charge is 0.459 e. The highest BCUT2D eigenvalue weighted by Crippen LogP contribution is 2.23. The average molecular weight is 457 g/mol. The molecule has 2 heterocycles. The van der Waals surface area contributed by atoms with Crippen molar-refractivity contribution in [1.29, 1.82) is 0 Å². The van der Waals surface area contributed by atoms with Crippen molar-refractivity contribution in [2.24, 2.45) is 0 Å². The monoisotopic (exact) mass is 456 g/mol. The van der Waals surface area contributed by atoms with Gasteiger partial charge in [0.15, 0.2) is 5.76 Å². The number of aromatic nitrogens is 2. The molecule has 2 aromatic carbocycles. The first-order chi connectivity index (χ1) is 16.2.